The Bertz CT molecular complexity index is 383. The number of benzene rings is 1. The molecule has 108 valence electrons. The number of hydrogen-bond donors (Lipinski definition) is 2. The summed E-state index contributed by atoms with van der Waals surface area (Å²) in [6.07, 6.45) is 3.12. The fraction of sp³-hybridized carbons (Fsp3) is 0.500. The van der Waals surface area contributed by atoms with Gasteiger partial charge in [-0.3, -0.25) is 4.99 Å². The topological polar surface area (TPSA) is 36.4 Å². The standard InChI is InChI=1S/C14H22ClN3.HI/c1-3-10-17-14(16-2)18-11-6-8-12-7-4-5-9-13(12)15;/h4-5,7,9H,3,6,8,10-11H2,1-2H3,(H2,16,17,18);1H. The summed E-state index contributed by atoms with van der Waals surface area (Å²) in [6.45, 7) is 3.98. The first-order chi connectivity index (χ1) is 8.77. The smallest absolute Gasteiger partial charge is 0.190 e. The predicted octanol–water partition coefficient (Wildman–Crippen LogP) is 3.47. The van der Waals surface area contributed by atoms with Gasteiger partial charge in [-0.25, -0.2) is 0 Å². The second-order valence-corrected chi connectivity index (χ2v) is 4.53. The molecule has 0 saturated carbocycles. The van der Waals surface area contributed by atoms with Crippen LogP contribution in [0.3, 0.4) is 0 Å². The van der Waals surface area contributed by atoms with E-state index in [1.165, 1.54) is 5.56 Å². The van der Waals surface area contributed by atoms with E-state index in [-0.39, 0.29) is 24.0 Å². The van der Waals surface area contributed by atoms with E-state index in [2.05, 4.69) is 28.6 Å². The van der Waals surface area contributed by atoms with Gasteiger partial charge in [0.15, 0.2) is 5.96 Å². The summed E-state index contributed by atoms with van der Waals surface area (Å²) in [6, 6.07) is 8.00. The van der Waals surface area contributed by atoms with Gasteiger partial charge >= 0.3 is 0 Å². The zero-order chi connectivity index (χ0) is 13.2. The lowest BCUT2D eigenvalue weighted by molar-refractivity contribution is 0.735. The van der Waals surface area contributed by atoms with Gasteiger partial charge in [0.25, 0.3) is 0 Å². The Labute approximate surface area is 138 Å². The van der Waals surface area contributed by atoms with E-state index < -0.39 is 0 Å². The third-order valence-corrected chi connectivity index (χ3v) is 3.01. The van der Waals surface area contributed by atoms with Crippen molar-refractivity contribution in [2.75, 3.05) is 20.1 Å². The molecule has 0 aliphatic heterocycles. The maximum Gasteiger partial charge on any atom is 0.190 e. The van der Waals surface area contributed by atoms with Crippen LogP contribution in [0.1, 0.15) is 25.3 Å². The van der Waals surface area contributed by atoms with Gasteiger partial charge in [-0.15, -0.1) is 24.0 Å². The van der Waals surface area contributed by atoms with Crippen LogP contribution in [0.5, 0.6) is 0 Å². The van der Waals surface area contributed by atoms with Gasteiger partial charge < -0.3 is 10.6 Å². The summed E-state index contributed by atoms with van der Waals surface area (Å²) < 4.78 is 0. The highest BCUT2D eigenvalue weighted by atomic mass is 127. The van der Waals surface area contributed by atoms with Crippen LogP contribution in [0.4, 0.5) is 0 Å². The number of aliphatic imine (C=N–C) groups is 1. The second kappa shape index (κ2) is 11.3. The molecular formula is C14H23ClIN3. The zero-order valence-electron chi connectivity index (χ0n) is 11.6. The van der Waals surface area contributed by atoms with E-state index in [0.29, 0.717) is 0 Å². The van der Waals surface area contributed by atoms with Crippen LogP contribution < -0.4 is 10.6 Å². The Balaban J connectivity index is 0.00000324. The average Bonchev–Trinajstić information content (AvgIpc) is 2.40. The minimum atomic E-state index is 0. The molecule has 0 atom stereocenters. The van der Waals surface area contributed by atoms with E-state index >= 15 is 0 Å². The minimum absolute atomic E-state index is 0. The normalized spacial score (nSPS) is 10.8. The lowest BCUT2D eigenvalue weighted by atomic mass is 10.1. The number of rotatable bonds is 6. The number of halogens is 2. The highest BCUT2D eigenvalue weighted by molar-refractivity contribution is 14.0. The summed E-state index contributed by atoms with van der Waals surface area (Å²) in [5.41, 5.74) is 1.21. The molecule has 0 radical (unpaired) electrons. The average molecular weight is 396 g/mol. The van der Waals surface area contributed by atoms with Crippen molar-refractivity contribution >= 4 is 41.5 Å². The molecule has 0 spiro atoms. The molecular weight excluding hydrogens is 373 g/mol. The van der Waals surface area contributed by atoms with Gasteiger partial charge in [0, 0.05) is 25.2 Å². The molecule has 0 heterocycles. The zero-order valence-corrected chi connectivity index (χ0v) is 14.7. The van der Waals surface area contributed by atoms with Crippen LogP contribution in [-0.4, -0.2) is 26.1 Å². The first-order valence-corrected chi connectivity index (χ1v) is 6.83. The van der Waals surface area contributed by atoms with Crippen LogP contribution in [0.2, 0.25) is 5.02 Å². The minimum Gasteiger partial charge on any atom is -0.356 e. The van der Waals surface area contributed by atoms with Gasteiger partial charge in [0.05, 0.1) is 0 Å². The lowest BCUT2D eigenvalue weighted by Crippen LogP contribution is -2.38. The lowest BCUT2D eigenvalue weighted by Gasteiger charge is -2.11. The summed E-state index contributed by atoms with van der Waals surface area (Å²) in [4.78, 5) is 4.16. The SMILES string of the molecule is CCCNC(=NC)NCCCc1ccccc1Cl.I. The molecule has 0 fully saturated rings. The molecule has 0 aromatic heterocycles. The Morgan fingerprint density at radius 1 is 1.21 bits per heavy atom. The van der Waals surface area contributed by atoms with E-state index in [9.17, 15) is 0 Å². The number of guanidine groups is 1. The number of nitrogens with zero attached hydrogens (tertiary/aromatic N) is 1. The molecule has 0 bridgehead atoms. The van der Waals surface area contributed by atoms with Crippen molar-refractivity contribution in [3.8, 4) is 0 Å². The largest absolute Gasteiger partial charge is 0.356 e. The highest BCUT2D eigenvalue weighted by Crippen LogP contribution is 2.16. The first-order valence-electron chi connectivity index (χ1n) is 6.45. The van der Waals surface area contributed by atoms with Crippen molar-refractivity contribution in [2.45, 2.75) is 26.2 Å². The van der Waals surface area contributed by atoms with Crippen LogP contribution in [0, 0.1) is 0 Å². The van der Waals surface area contributed by atoms with E-state index in [1.807, 2.05) is 18.2 Å². The molecule has 0 unspecified atom stereocenters. The molecule has 5 heteroatoms. The van der Waals surface area contributed by atoms with Crippen molar-refractivity contribution < 1.29 is 0 Å². The van der Waals surface area contributed by atoms with Crippen molar-refractivity contribution in [1.29, 1.82) is 0 Å². The molecule has 1 aromatic rings. The molecule has 0 aliphatic carbocycles. The maximum atomic E-state index is 6.11. The number of aryl methyl sites for hydroxylation is 1. The van der Waals surface area contributed by atoms with Gasteiger partial charge in [-0.1, -0.05) is 36.7 Å². The Hall–Kier alpha value is -0.490. The predicted molar refractivity (Wildman–Crippen MR) is 94.8 cm³/mol. The molecule has 1 aromatic carbocycles. The highest BCUT2D eigenvalue weighted by Gasteiger charge is 1.99. The molecule has 19 heavy (non-hydrogen) atoms. The maximum absolute atomic E-state index is 6.11. The van der Waals surface area contributed by atoms with Crippen LogP contribution in [-0.2, 0) is 6.42 Å². The molecule has 1 rings (SSSR count). The summed E-state index contributed by atoms with van der Waals surface area (Å²) >= 11 is 6.11. The van der Waals surface area contributed by atoms with Gasteiger partial charge in [-0.2, -0.15) is 0 Å². The quantitative estimate of drug-likeness (QED) is 0.335. The summed E-state index contributed by atoms with van der Waals surface area (Å²) in [5, 5.41) is 7.38. The Kier molecular flexibility index (Phi) is 11.1. The second-order valence-electron chi connectivity index (χ2n) is 4.12. The third kappa shape index (κ3) is 7.62. The number of nitrogens with one attached hydrogen (secondary N) is 2. The van der Waals surface area contributed by atoms with Crippen LogP contribution in [0.15, 0.2) is 29.3 Å². The van der Waals surface area contributed by atoms with Gasteiger partial charge in [0.2, 0.25) is 0 Å². The van der Waals surface area contributed by atoms with Gasteiger partial charge in [-0.05, 0) is 30.9 Å². The van der Waals surface area contributed by atoms with Crippen LogP contribution >= 0.6 is 35.6 Å². The fourth-order valence-corrected chi connectivity index (χ4v) is 1.88. The molecule has 2 N–H and O–H groups in total. The Morgan fingerprint density at radius 3 is 2.53 bits per heavy atom. The van der Waals surface area contributed by atoms with Crippen molar-refractivity contribution in [2.24, 2.45) is 4.99 Å². The third-order valence-electron chi connectivity index (χ3n) is 2.64. The molecule has 0 saturated heterocycles. The van der Waals surface area contributed by atoms with Gasteiger partial charge in [0.1, 0.15) is 0 Å². The van der Waals surface area contributed by atoms with Crippen molar-refractivity contribution in [3.05, 3.63) is 34.9 Å². The molecule has 3 nitrogen and oxygen atoms in total. The Morgan fingerprint density at radius 2 is 1.89 bits per heavy atom. The van der Waals surface area contributed by atoms with E-state index in [0.717, 1.165) is 43.3 Å². The van der Waals surface area contributed by atoms with Crippen LogP contribution in [0.25, 0.3) is 0 Å². The molecule has 0 amide bonds. The van der Waals surface area contributed by atoms with Crippen molar-refractivity contribution in [1.82, 2.24) is 10.6 Å². The summed E-state index contributed by atoms with van der Waals surface area (Å²) in [5.74, 6) is 0.871. The van der Waals surface area contributed by atoms with E-state index in [4.69, 9.17) is 11.6 Å². The molecule has 0 aliphatic rings. The summed E-state index contributed by atoms with van der Waals surface area (Å²) in [7, 11) is 1.79. The van der Waals surface area contributed by atoms with E-state index in [1.54, 1.807) is 7.05 Å². The fourth-order valence-electron chi connectivity index (χ4n) is 1.65. The number of hydrogen-bond acceptors (Lipinski definition) is 1. The van der Waals surface area contributed by atoms with Crippen molar-refractivity contribution in [3.63, 3.8) is 0 Å². The monoisotopic (exact) mass is 395 g/mol. The first kappa shape index (κ1) is 18.5.